The SMILES string of the molecule is COc1ncnc2c1nc(N)n2C(C)Cc1ccccc1. The standard InChI is InChI=1S/C15H17N5O/c1-10(8-11-6-4-3-5-7-11)20-13-12(19-15(20)16)14(21-2)18-9-17-13/h3-7,9-10H,8H2,1-2H3,(H2,16,19). The number of nitrogens with zero attached hydrogens (tertiary/aromatic N) is 4. The molecule has 108 valence electrons. The third-order valence-electron chi connectivity index (χ3n) is 3.48. The molecule has 0 aliphatic carbocycles. The van der Waals surface area contributed by atoms with E-state index in [1.165, 1.54) is 11.9 Å². The van der Waals surface area contributed by atoms with E-state index >= 15 is 0 Å². The Morgan fingerprint density at radius 2 is 2.00 bits per heavy atom. The van der Waals surface area contributed by atoms with Gasteiger partial charge in [-0.05, 0) is 18.9 Å². The van der Waals surface area contributed by atoms with Crippen LogP contribution in [0.4, 0.5) is 5.95 Å². The molecule has 21 heavy (non-hydrogen) atoms. The van der Waals surface area contributed by atoms with E-state index in [9.17, 15) is 0 Å². The summed E-state index contributed by atoms with van der Waals surface area (Å²) < 4.78 is 7.13. The summed E-state index contributed by atoms with van der Waals surface area (Å²) in [5, 5.41) is 0. The number of anilines is 1. The molecule has 0 amide bonds. The van der Waals surface area contributed by atoms with Gasteiger partial charge in [-0.3, -0.25) is 4.57 Å². The van der Waals surface area contributed by atoms with Crippen LogP contribution in [0.3, 0.4) is 0 Å². The summed E-state index contributed by atoms with van der Waals surface area (Å²) in [4.78, 5) is 12.7. The van der Waals surface area contributed by atoms with Crippen LogP contribution in [0.15, 0.2) is 36.7 Å². The van der Waals surface area contributed by atoms with E-state index in [4.69, 9.17) is 10.5 Å². The Morgan fingerprint density at radius 3 is 2.71 bits per heavy atom. The Morgan fingerprint density at radius 1 is 1.24 bits per heavy atom. The second kappa shape index (κ2) is 5.40. The fourth-order valence-corrected chi connectivity index (χ4v) is 2.54. The molecule has 0 bridgehead atoms. The van der Waals surface area contributed by atoms with E-state index < -0.39 is 0 Å². The molecule has 3 aromatic rings. The van der Waals surface area contributed by atoms with Crippen LogP contribution in [0.2, 0.25) is 0 Å². The maximum Gasteiger partial charge on any atom is 0.245 e. The first-order chi connectivity index (χ1) is 10.2. The molecule has 2 heterocycles. The number of nitrogens with two attached hydrogens (primary N) is 1. The van der Waals surface area contributed by atoms with Crippen molar-refractivity contribution in [1.29, 1.82) is 0 Å². The fraction of sp³-hybridized carbons (Fsp3) is 0.267. The average molecular weight is 283 g/mol. The van der Waals surface area contributed by atoms with Gasteiger partial charge in [0.05, 0.1) is 7.11 Å². The van der Waals surface area contributed by atoms with E-state index in [1.807, 2.05) is 22.8 Å². The Kier molecular flexibility index (Phi) is 3.43. The van der Waals surface area contributed by atoms with Gasteiger partial charge < -0.3 is 10.5 Å². The number of fused-ring (bicyclic) bond motifs is 1. The second-order valence-electron chi connectivity index (χ2n) is 4.93. The van der Waals surface area contributed by atoms with Crippen molar-refractivity contribution >= 4 is 17.1 Å². The molecule has 3 rings (SSSR count). The third kappa shape index (κ3) is 2.40. The van der Waals surface area contributed by atoms with Gasteiger partial charge in [0, 0.05) is 6.04 Å². The van der Waals surface area contributed by atoms with Gasteiger partial charge in [0.2, 0.25) is 11.8 Å². The van der Waals surface area contributed by atoms with Crippen LogP contribution in [0.25, 0.3) is 11.2 Å². The molecule has 0 spiro atoms. The molecular weight excluding hydrogens is 266 g/mol. The van der Waals surface area contributed by atoms with Crippen molar-refractivity contribution in [3.63, 3.8) is 0 Å². The molecule has 0 aliphatic rings. The maximum atomic E-state index is 6.06. The molecule has 6 heteroatoms. The van der Waals surface area contributed by atoms with Crippen molar-refractivity contribution < 1.29 is 4.74 Å². The highest BCUT2D eigenvalue weighted by atomic mass is 16.5. The van der Waals surface area contributed by atoms with Crippen LogP contribution in [-0.4, -0.2) is 26.6 Å². The first-order valence-corrected chi connectivity index (χ1v) is 6.77. The molecular formula is C15H17N5O. The summed E-state index contributed by atoms with van der Waals surface area (Å²) in [5.74, 6) is 0.865. The summed E-state index contributed by atoms with van der Waals surface area (Å²) in [7, 11) is 1.56. The van der Waals surface area contributed by atoms with Crippen molar-refractivity contribution in [2.45, 2.75) is 19.4 Å². The zero-order valence-electron chi connectivity index (χ0n) is 12.0. The zero-order valence-corrected chi connectivity index (χ0v) is 12.0. The molecule has 0 aliphatic heterocycles. The zero-order chi connectivity index (χ0) is 14.8. The number of hydrogen-bond acceptors (Lipinski definition) is 5. The topological polar surface area (TPSA) is 78.8 Å². The number of nitrogen functional groups attached to an aromatic ring is 1. The number of hydrogen-bond donors (Lipinski definition) is 1. The van der Waals surface area contributed by atoms with Crippen LogP contribution in [0.5, 0.6) is 5.88 Å². The minimum Gasteiger partial charge on any atom is -0.479 e. The number of rotatable bonds is 4. The van der Waals surface area contributed by atoms with Crippen molar-refractivity contribution in [3.05, 3.63) is 42.2 Å². The molecule has 1 aromatic carbocycles. The maximum absolute atomic E-state index is 6.06. The molecule has 6 nitrogen and oxygen atoms in total. The highest BCUT2D eigenvalue weighted by molar-refractivity contribution is 5.79. The first kappa shape index (κ1) is 13.4. The van der Waals surface area contributed by atoms with Gasteiger partial charge in [-0.2, -0.15) is 4.98 Å². The van der Waals surface area contributed by atoms with Gasteiger partial charge in [0.15, 0.2) is 11.2 Å². The van der Waals surface area contributed by atoms with Crippen LogP contribution >= 0.6 is 0 Å². The molecule has 2 N–H and O–H groups in total. The molecule has 0 fully saturated rings. The minimum absolute atomic E-state index is 0.136. The number of methoxy groups -OCH3 is 1. The molecule has 0 radical (unpaired) electrons. The van der Waals surface area contributed by atoms with E-state index in [2.05, 4.69) is 34.0 Å². The van der Waals surface area contributed by atoms with Gasteiger partial charge in [0.1, 0.15) is 6.33 Å². The lowest BCUT2D eigenvalue weighted by Gasteiger charge is -2.15. The van der Waals surface area contributed by atoms with Crippen LogP contribution < -0.4 is 10.5 Å². The number of benzene rings is 1. The fourth-order valence-electron chi connectivity index (χ4n) is 2.54. The summed E-state index contributed by atoms with van der Waals surface area (Å²) in [5.41, 5.74) is 8.59. The third-order valence-corrected chi connectivity index (χ3v) is 3.48. The number of ether oxygens (including phenoxy) is 1. The smallest absolute Gasteiger partial charge is 0.245 e. The van der Waals surface area contributed by atoms with Crippen LogP contribution in [-0.2, 0) is 6.42 Å². The predicted octanol–water partition coefficient (Wildman–Crippen LogP) is 2.22. The van der Waals surface area contributed by atoms with Crippen LogP contribution in [0.1, 0.15) is 18.5 Å². The summed E-state index contributed by atoms with van der Waals surface area (Å²) in [6.45, 7) is 2.10. The van der Waals surface area contributed by atoms with Crippen molar-refractivity contribution in [1.82, 2.24) is 19.5 Å². The predicted molar refractivity (Wildman–Crippen MR) is 81.1 cm³/mol. The Balaban J connectivity index is 2.02. The van der Waals surface area contributed by atoms with E-state index in [0.29, 0.717) is 23.0 Å². The van der Waals surface area contributed by atoms with Gasteiger partial charge in [0.25, 0.3) is 0 Å². The molecule has 0 saturated heterocycles. The first-order valence-electron chi connectivity index (χ1n) is 6.77. The summed E-state index contributed by atoms with van der Waals surface area (Å²) in [6.07, 6.45) is 2.32. The van der Waals surface area contributed by atoms with Crippen molar-refractivity contribution in [2.75, 3.05) is 12.8 Å². The van der Waals surface area contributed by atoms with E-state index in [-0.39, 0.29) is 6.04 Å². The van der Waals surface area contributed by atoms with E-state index in [1.54, 1.807) is 7.11 Å². The Bertz CT molecular complexity index is 753. The lowest BCUT2D eigenvalue weighted by atomic mass is 10.1. The van der Waals surface area contributed by atoms with Gasteiger partial charge in [-0.15, -0.1) is 0 Å². The average Bonchev–Trinajstić information content (AvgIpc) is 2.84. The second-order valence-corrected chi connectivity index (χ2v) is 4.93. The molecule has 1 atom stereocenters. The Hall–Kier alpha value is -2.63. The quantitative estimate of drug-likeness (QED) is 0.794. The summed E-state index contributed by atoms with van der Waals surface area (Å²) in [6, 6.07) is 10.4. The normalized spacial score (nSPS) is 12.5. The number of aromatic nitrogens is 4. The van der Waals surface area contributed by atoms with Crippen molar-refractivity contribution in [2.24, 2.45) is 0 Å². The lowest BCUT2D eigenvalue weighted by molar-refractivity contribution is 0.401. The minimum atomic E-state index is 0.136. The summed E-state index contributed by atoms with van der Waals surface area (Å²) >= 11 is 0. The van der Waals surface area contributed by atoms with E-state index in [0.717, 1.165) is 6.42 Å². The highest BCUT2D eigenvalue weighted by Crippen LogP contribution is 2.27. The van der Waals surface area contributed by atoms with Gasteiger partial charge >= 0.3 is 0 Å². The van der Waals surface area contributed by atoms with Crippen LogP contribution in [0, 0.1) is 0 Å². The largest absolute Gasteiger partial charge is 0.479 e. The van der Waals surface area contributed by atoms with Crippen molar-refractivity contribution in [3.8, 4) is 5.88 Å². The molecule has 0 saturated carbocycles. The monoisotopic (exact) mass is 283 g/mol. The van der Waals surface area contributed by atoms with Gasteiger partial charge in [-0.25, -0.2) is 9.97 Å². The Labute approximate surface area is 122 Å². The number of imidazole rings is 1. The molecule has 2 aromatic heterocycles. The van der Waals surface area contributed by atoms with Gasteiger partial charge in [-0.1, -0.05) is 30.3 Å². The molecule has 1 unspecified atom stereocenters. The lowest BCUT2D eigenvalue weighted by Crippen LogP contribution is -2.12. The highest BCUT2D eigenvalue weighted by Gasteiger charge is 2.18.